The Bertz CT molecular complexity index is 862. The van der Waals surface area contributed by atoms with Crippen LogP contribution in [0, 0.1) is 5.92 Å². The first kappa shape index (κ1) is 18.0. The number of nitrogens with zero attached hydrogens (tertiary/aromatic N) is 2. The number of hydrogen-bond donors (Lipinski definition) is 1. The van der Waals surface area contributed by atoms with Gasteiger partial charge in [-0.15, -0.1) is 0 Å². The van der Waals surface area contributed by atoms with Gasteiger partial charge in [0, 0.05) is 17.5 Å². The number of anilines is 2. The SMILES string of the molecule is O=C1CN(C(=O)C2CCN(Cc3cccc(Cl)c3)CC2)c2ccccc2N1. The molecule has 2 heterocycles. The van der Waals surface area contributed by atoms with Crippen molar-refractivity contribution >= 4 is 34.8 Å². The van der Waals surface area contributed by atoms with E-state index >= 15 is 0 Å². The van der Waals surface area contributed by atoms with Crippen LogP contribution in [0.2, 0.25) is 5.02 Å². The van der Waals surface area contributed by atoms with E-state index in [1.807, 2.05) is 42.5 Å². The molecule has 0 unspecified atom stereocenters. The van der Waals surface area contributed by atoms with Crippen molar-refractivity contribution < 1.29 is 9.59 Å². The summed E-state index contributed by atoms with van der Waals surface area (Å²) >= 11 is 6.07. The Kier molecular flexibility index (Phi) is 5.14. The highest BCUT2D eigenvalue weighted by atomic mass is 35.5. The molecule has 2 aliphatic heterocycles. The maximum atomic E-state index is 13.1. The van der Waals surface area contributed by atoms with Crippen molar-refractivity contribution in [2.75, 3.05) is 29.9 Å². The number of likely N-dealkylation sites (tertiary alicyclic amines) is 1. The van der Waals surface area contributed by atoms with E-state index in [2.05, 4.69) is 16.3 Å². The average Bonchev–Trinajstić information content (AvgIpc) is 2.67. The van der Waals surface area contributed by atoms with Gasteiger partial charge in [-0.05, 0) is 55.8 Å². The van der Waals surface area contributed by atoms with E-state index in [4.69, 9.17) is 11.6 Å². The standard InChI is InChI=1S/C21H22ClN3O2/c22-17-5-3-4-15(12-17)13-24-10-8-16(9-11-24)21(27)25-14-20(26)23-18-6-1-2-7-19(18)25/h1-7,12,16H,8-11,13-14H2,(H,23,26). The molecule has 0 atom stereocenters. The van der Waals surface area contributed by atoms with E-state index in [-0.39, 0.29) is 24.3 Å². The normalized spacial score (nSPS) is 18.1. The van der Waals surface area contributed by atoms with Crippen LogP contribution in [0.25, 0.3) is 0 Å². The number of piperidine rings is 1. The zero-order valence-electron chi connectivity index (χ0n) is 15.0. The lowest BCUT2D eigenvalue weighted by atomic mass is 9.94. The van der Waals surface area contributed by atoms with E-state index in [9.17, 15) is 9.59 Å². The van der Waals surface area contributed by atoms with Gasteiger partial charge in [-0.25, -0.2) is 0 Å². The van der Waals surface area contributed by atoms with E-state index in [1.54, 1.807) is 4.90 Å². The topological polar surface area (TPSA) is 52.7 Å². The van der Waals surface area contributed by atoms with Crippen LogP contribution in [-0.2, 0) is 16.1 Å². The van der Waals surface area contributed by atoms with Crippen molar-refractivity contribution in [1.29, 1.82) is 0 Å². The molecular formula is C21H22ClN3O2. The molecule has 2 aromatic rings. The number of halogens is 1. The molecule has 2 aromatic carbocycles. The van der Waals surface area contributed by atoms with Crippen LogP contribution in [0.15, 0.2) is 48.5 Å². The number of carbonyl (C=O) groups is 2. The molecule has 1 fully saturated rings. The Morgan fingerprint density at radius 1 is 1.11 bits per heavy atom. The zero-order chi connectivity index (χ0) is 18.8. The minimum absolute atomic E-state index is 0.0421. The van der Waals surface area contributed by atoms with E-state index in [0.29, 0.717) is 5.69 Å². The monoisotopic (exact) mass is 383 g/mol. The minimum atomic E-state index is -0.138. The highest BCUT2D eigenvalue weighted by molar-refractivity contribution is 6.30. The Labute approximate surface area is 163 Å². The van der Waals surface area contributed by atoms with Gasteiger partial charge in [0.25, 0.3) is 0 Å². The molecule has 0 saturated carbocycles. The largest absolute Gasteiger partial charge is 0.323 e. The van der Waals surface area contributed by atoms with Crippen LogP contribution in [0.4, 0.5) is 11.4 Å². The van der Waals surface area contributed by atoms with Gasteiger partial charge >= 0.3 is 0 Å². The predicted molar refractivity (Wildman–Crippen MR) is 107 cm³/mol. The third kappa shape index (κ3) is 3.99. The molecule has 5 nitrogen and oxygen atoms in total. The lowest BCUT2D eigenvalue weighted by Crippen LogP contribution is -2.47. The van der Waals surface area contributed by atoms with E-state index < -0.39 is 0 Å². The molecule has 2 amide bonds. The van der Waals surface area contributed by atoms with Gasteiger partial charge in [-0.3, -0.25) is 14.5 Å². The van der Waals surface area contributed by atoms with Crippen molar-refractivity contribution in [3.05, 3.63) is 59.1 Å². The van der Waals surface area contributed by atoms with Crippen molar-refractivity contribution in [3.8, 4) is 0 Å². The van der Waals surface area contributed by atoms with Gasteiger partial charge in [-0.1, -0.05) is 35.9 Å². The molecule has 0 aliphatic carbocycles. The second-order valence-corrected chi connectivity index (χ2v) is 7.61. The number of carbonyl (C=O) groups excluding carboxylic acids is 2. The fourth-order valence-electron chi connectivity index (χ4n) is 3.88. The minimum Gasteiger partial charge on any atom is -0.323 e. The lowest BCUT2D eigenvalue weighted by Gasteiger charge is -2.36. The molecule has 0 spiro atoms. The quantitative estimate of drug-likeness (QED) is 0.882. The number of rotatable bonds is 3. The summed E-state index contributed by atoms with van der Waals surface area (Å²) in [5.74, 6) is -0.125. The molecule has 0 aromatic heterocycles. The Morgan fingerprint density at radius 3 is 2.67 bits per heavy atom. The molecule has 6 heteroatoms. The summed E-state index contributed by atoms with van der Waals surface area (Å²) in [7, 11) is 0. The van der Waals surface area contributed by atoms with Gasteiger partial charge in [0.15, 0.2) is 0 Å². The summed E-state index contributed by atoms with van der Waals surface area (Å²) in [4.78, 5) is 29.1. The maximum absolute atomic E-state index is 13.1. The number of para-hydroxylation sites is 2. The zero-order valence-corrected chi connectivity index (χ0v) is 15.8. The predicted octanol–water partition coefficient (Wildman–Crippen LogP) is 3.54. The first-order valence-corrected chi connectivity index (χ1v) is 9.65. The highest BCUT2D eigenvalue weighted by Crippen LogP contribution is 2.32. The van der Waals surface area contributed by atoms with E-state index in [0.717, 1.165) is 43.2 Å². The summed E-state index contributed by atoms with van der Waals surface area (Å²) < 4.78 is 0. The fraction of sp³-hybridized carbons (Fsp3) is 0.333. The number of benzene rings is 2. The second-order valence-electron chi connectivity index (χ2n) is 7.17. The summed E-state index contributed by atoms with van der Waals surface area (Å²) in [6.45, 7) is 2.67. The molecule has 140 valence electrons. The fourth-order valence-corrected chi connectivity index (χ4v) is 4.09. The molecule has 2 aliphatic rings. The van der Waals surface area contributed by atoms with Crippen molar-refractivity contribution in [2.45, 2.75) is 19.4 Å². The van der Waals surface area contributed by atoms with Crippen LogP contribution >= 0.6 is 11.6 Å². The maximum Gasteiger partial charge on any atom is 0.244 e. The third-order valence-corrected chi connectivity index (χ3v) is 5.50. The molecule has 0 radical (unpaired) electrons. The smallest absolute Gasteiger partial charge is 0.244 e. The third-order valence-electron chi connectivity index (χ3n) is 5.27. The first-order valence-electron chi connectivity index (χ1n) is 9.27. The molecule has 4 rings (SSSR count). The van der Waals surface area contributed by atoms with Crippen LogP contribution in [0.1, 0.15) is 18.4 Å². The summed E-state index contributed by atoms with van der Waals surface area (Å²) in [5, 5.41) is 3.58. The Balaban J connectivity index is 1.40. The van der Waals surface area contributed by atoms with Crippen molar-refractivity contribution in [2.24, 2.45) is 5.92 Å². The number of amides is 2. The molecule has 27 heavy (non-hydrogen) atoms. The van der Waals surface area contributed by atoms with Gasteiger partial charge in [0.05, 0.1) is 11.4 Å². The average molecular weight is 384 g/mol. The van der Waals surface area contributed by atoms with Crippen LogP contribution < -0.4 is 10.2 Å². The Hall–Kier alpha value is -2.37. The van der Waals surface area contributed by atoms with Crippen LogP contribution in [-0.4, -0.2) is 36.3 Å². The van der Waals surface area contributed by atoms with Crippen molar-refractivity contribution in [3.63, 3.8) is 0 Å². The summed E-state index contributed by atoms with van der Waals surface area (Å²) in [6, 6.07) is 15.4. The molecule has 1 N–H and O–H groups in total. The number of nitrogens with one attached hydrogen (secondary N) is 1. The molecule has 0 bridgehead atoms. The van der Waals surface area contributed by atoms with Gasteiger partial charge in [0.1, 0.15) is 6.54 Å². The van der Waals surface area contributed by atoms with Crippen molar-refractivity contribution in [1.82, 2.24) is 4.90 Å². The Morgan fingerprint density at radius 2 is 1.89 bits per heavy atom. The second kappa shape index (κ2) is 7.71. The van der Waals surface area contributed by atoms with E-state index in [1.165, 1.54) is 5.56 Å². The van der Waals surface area contributed by atoms with Gasteiger partial charge in [-0.2, -0.15) is 0 Å². The first-order chi connectivity index (χ1) is 13.1. The summed E-state index contributed by atoms with van der Waals surface area (Å²) in [6.07, 6.45) is 1.61. The number of fused-ring (bicyclic) bond motifs is 1. The van der Waals surface area contributed by atoms with Gasteiger partial charge in [0.2, 0.25) is 11.8 Å². The molecular weight excluding hydrogens is 362 g/mol. The van der Waals surface area contributed by atoms with Crippen LogP contribution in [0.3, 0.4) is 0 Å². The highest BCUT2D eigenvalue weighted by Gasteiger charge is 2.33. The summed E-state index contributed by atoms with van der Waals surface area (Å²) in [5.41, 5.74) is 2.69. The van der Waals surface area contributed by atoms with Crippen LogP contribution in [0.5, 0.6) is 0 Å². The number of hydrogen-bond acceptors (Lipinski definition) is 3. The molecule has 1 saturated heterocycles. The van der Waals surface area contributed by atoms with Gasteiger partial charge < -0.3 is 10.2 Å². The lowest BCUT2D eigenvalue weighted by molar-refractivity contribution is -0.125.